The molecule has 0 saturated carbocycles. The minimum Gasteiger partial charge on any atom is -0.396 e. The fourth-order valence-corrected chi connectivity index (χ4v) is 4.67. The minimum atomic E-state index is -0.683. The molecule has 4 rings (SSSR count). The van der Waals surface area contributed by atoms with Crippen LogP contribution in [0.3, 0.4) is 0 Å². The van der Waals surface area contributed by atoms with Crippen LogP contribution in [0, 0.1) is 0 Å². The van der Waals surface area contributed by atoms with Gasteiger partial charge in [0, 0.05) is 37.6 Å². The number of aromatic nitrogens is 1. The van der Waals surface area contributed by atoms with Crippen LogP contribution in [-0.4, -0.2) is 40.9 Å². The van der Waals surface area contributed by atoms with Crippen molar-refractivity contribution in [3.05, 3.63) is 88.1 Å². The molecular weight excluding hydrogens is 422 g/mol. The molecule has 32 heavy (non-hydrogen) atoms. The molecule has 5 nitrogen and oxygen atoms in total. The van der Waals surface area contributed by atoms with Gasteiger partial charge in [-0.3, -0.25) is 0 Å². The smallest absolute Gasteiger partial charge is 0.145 e. The lowest BCUT2D eigenvalue weighted by Crippen LogP contribution is -2.27. The Balaban J connectivity index is 1.54. The quantitative estimate of drug-likeness (QED) is 0.466. The van der Waals surface area contributed by atoms with Crippen molar-refractivity contribution in [2.24, 2.45) is 0 Å². The van der Waals surface area contributed by atoms with Crippen LogP contribution in [0.15, 0.2) is 60.8 Å². The van der Waals surface area contributed by atoms with Gasteiger partial charge in [0.25, 0.3) is 0 Å². The Hall–Kier alpha value is -2.60. The van der Waals surface area contributed by atoms with E-state index >= 15 is 0 Å². The first-order valence-corrected chi connectivity index (χ1v) is 11.6. The maximum atomic E-state index is 11.1. The number of anilines is 2. The van der Waals surface area contributed by atoms with E-state index in [0.717, 1.165) is 53.9 Å². The SMILES string of the molecule is CCc1ccccc1C(O)c1ccc(N2CCC(Nc3ncccc3Cl)C2)c(CCO)c1. The topological polar surface area (TPSA) is 68.6 Å². The zero-order valence-corrected chi connectivity index (χ0v) is 19.1. The average molecular weight is 452 g/mol. The molecule has 0 radical (unpaired) electrons. The molecule has 1 fully saturated rings. The van der Waals surface area contributed by atoms with E-state index in [2.05, 4.69) is 34.3 Å². The summed E-state index contributed by atoms with van der Waals surface area (Å²) in [6, 6.07) is 18.0. The summed E-state index contributed by atoms with van der Waals surface area (Å²) in [5, 5.41) is 24.8. The highest BCUT2D eigenvalue weighted by Crippen LogP contribution is 2.32. The second-order valence-electron chi connectivity index (χ2n) is 8.23. The summed E-state index contributed by atoms with van der Waals surface area (Å²) in [4.78, 5) is 6.67. The van der Waals surface area contributed by atoms with Crippen molar-refractivity contribution in [3.63, 3.8) is 0 Å². The molecule has 2 heterocycles. The van der Waals surface area contributed by atoms with Gasteiger partial charge in [0.05, 0.1) is 5.02 Å². The molecule has 1 aromatic heterocycles. The predicted molar refractivity (Wildman–Crippen MR) is 131 cm³/mol. The van der Waals surface area contributed by atoms with E-state index in [9.17, 15) is 10.2 Å². The van der Waals surface area contributed by atoms with Crippen LogP contribution < -0.4 is 10.2 Å². The maximum Gasteiger partial charge on any atom is 0.145 e. The summed E-state index contributed by atoms with van der Waals surface area (Å²) in [5.74, 6) is 0.713. The Kier molecular flexibility index (Phi) is 7.30. The van der Waals surface area contributed by atoms with Crippen LogP contribution in [0.1, 0.15) is 41.7 Å². The highest BCUT2D eigenvalue weighted by atomic mass is 35.5. The lowest BCUT2D eigenvalue weighted by atomic mass is 9.93. The van der Waals surface area contributed by atoms with Crippen LogP contribution >= 0.6 is 11.6 Å². The molecule has 1 saturated heterocycles. The Bertz CT molecular complexity index is 1060. The average Bonchev–Trinajstić information content (AvgIpc) is 3.28. The van der Waals surface area contributed by atoms with Crippen LogP contribution in [0.2, 0.25) is 5.02 Å². The number of pyridine rings is 1. The van der Waals surface area contributed by atoms with E-state index < -0.39 is 6.10 Å². The fraction of sp³-hybridized carbons (Fsp3) is 0.346. The molecule has 0 spiro atoms. The molecule has 1 aliphatic heterocycles. The van der Waals surface area contributed by atoms with Gasteiger partial charge in [-0.25, -0.2) is 4.98 Å². The Morgan fingerprint density at radius 2 is 2.00 bits per heavy atom. The standard InChI is InChI=1S/C26H30ClN3O2/c1-2-18-6-3-4-7-22(18)25(32)20-9-10-24(19(16-20)12-15-31)30-14-11-21(17-30)29-26-23(27)8-5-13-28-26/h3-10,13,16,21,25,31-32H,2,11-12,14-15,17H2,1H3,(H,28,29). The highest BCUT2D eigenvalue weighted by molar-refractivity contribution is 6.32. The van der Waals surface area contributed by atoms with Gasteiger partial charge in [0.1, 0.15) is 11.9 Å². The number of aliphatic hydroxyl groups is 2. The second-order valence-corrected chi connectivity index (χ2v) is 8.63. The molecule has 6 heteroatoms. The Morgan fingerprint density at radius 1 is 1.16 bits per heavy atom. The van der Waals surface area contributed by atoms with Crippen LogP contribution in [0.4, 0.5) is 11.5 Å². The molecule has 2 aromatic carbocycles. The number of hydrogen-bond donors (Lipinski definition) is 3. The normalized spacial score (nSPS) is 16.9. The van der Waals surface area contributed by atoms with Crippen molar-refractivity contribution in [2.75, 3.05) is 29.9 Å². The number of nitrogens with zero attached hydrogens (tertiary/aromatic N) is 2. The van der Waals surface area contributed by atoms with Gasteiger partial charge in [-0.2, -0.15) is 0 Å². The number of benzene rings is 2. The predicted octanol–water partition coefficient (Wildman–Crippen LogP) is 4.60. The number of aryl methyl sites for hydroxylation is 1. The van der Waals surface area contributed by atoms with E-state index in [-0.39, 0.29) is 12.6 Å². The summed E-state index contributed by atoms with van der Waals surface area (Å²) < 4.78 is 0. The largest absolute Gasteiger partial charge is 0.396 e. The lowest BCUT2D eigenvalue weighted by molar-refractivity contribution is 0.219. The first kappa shape index (κ1) is 22.6. The Labute approximate surface area is 194 Å². The number of hydrogen-bond acceptors (Lipinski definition) is 5. The van der Waals surface area contributed by atoms with Gasteiger partial charge in [0.2, 0.25) is 0 Å². The minimum absolute atomic E-state index is 0.0666. The molecular formula is C26H30ClN3O2. The maximum absolute atomic E-state index is 11.1. The monoisotopic (exact) mass is 451 g/mol. The van der Waals surface area contributed by atoms with Gasteiger partial charge in [-0.15, -0.1) is 0 Å². The summed E-state index contributed by atoms with van der Waals surface area (Å²) in [7, 11) is 0. The van der Waals surface area contributed by atoms with E-state index in [0.29, 0.717) is 17.3 Å². The third kappa shape index (κ3) is 4.90. The zero-order valence-electron chi connectivity index (χ0n) is 18.3. The second kappa shape index (κ2) is 10.3. The molecule has 3 aromatic rings. The highest BCUT2D eigenvalue weighted by Gasteiger charge is 2.25. The zero-order chi connectivity index (χ0) is 22.5. The van der Waals surface area contributed by atoms with Crippen molar-refractivity contribution >= 4 is 23.1 Å². The number of rotatable bonds is 8. The van der Waals surface area contributed by atoms with Crippen molar-refractivity contribution < 1.29 is 10.2 Å². The molecule has 0 bridgehead atoms. The third-order valence-corrected chi connectivity index (χ3v) is 6.46. The van der Waals surface area contributed by atoms with E-state index in [4.69, 9.17) is 11.6 Å². The molecule has 3 N–H and O–H groups in total. The van der Waals surface area contributed by atoms with Gasteiger partial charge in [-0.1, -0.05) is 54.9 Å². The molecule has 168 valence electrons. The first-order valence-electron chi connectivity index (χ1n) is 11.2. The van der Waals surface area contributed by atoms with Crippen LogP contribution in [-0.2, 0) is 12.8 Å². The van der Waals surface area contributed by atoms with Crippen molar-refractivity contribution in [1.82, 2.24) is 4.98 Å². The number of aliphatic hydroxyl groups excluding tert-OH is 2. The van der Waals surface area contributed by atoms with Gasteiger partial charge < -0.3 is 20.4 Å². The van der Waals surface area contributed by atoms with Crippen molar-refractivity contribution in [1.29, 1.82) is 0 Å². The van der Waals surface area contributed by atoms with Gasteiger partial charge >= 0.3 is 0 Å². The molecule has 0 aliphatic carbocycles. The first-order chi connectivity index (χ1) is 15.6. The van der Waals surface area contributed by atoms with Crippen molar-refractivity contribution in [3.8, 4) is 0 Å². The van der Waals surface area contributed by atoms with Gasteiger partial charge in [-0.05, 0) is 59.7 Å². The van der Waals surface area contributed by atoms with E-state index in [1.807, 2.05) is 42.5 Å². The molecule has 2 unspecified atom stereocenters. The fourth-order valence-electron chi connectivity index (χ4n) is 4.49. The molecule has 0 amide bonds. The van der Waals surface area contributed by atoms with Gasteiger partial charge in [0.15, 0.2) is 0 Å². The van der Waals surface area contributed by atoms with Crippen LogP contribution in [0.25, 0.3) is 0 Å². The third-order valence-electron chi connectivity index (χ3n) is 6.16. The summed E-state index contributed by atoms with van der Waals surface area (Å²) in [6.45, 7) is 3.89. The Morgan fingerprint density at radius 3 is 2.78 bits per heavy atom. The van der Waals surface area contributed by atoms with E-state index in [1.54, 1.807) is 6.20 Å². The summed E-state index contributed by atoms with van der Waals surface area (Å²) in [6.07, 6.45) is 3.45. The summed E-state index contributed by atoms with van der Waals surface area (Å²) in [5.41, 5.74) is 5.10. The van der Waals surface area contributed by atoms with Crippen LogP contribution in [0.5, 0.6) is 0 Å². The van der Waals surface area contributed by atoms with E-state index in [1.165, 1.54) is 0 Å². The number of nitrogens with one attached hydrogen (secondary N) is 1. The molecule has 1 aliphatic rings. The van der Waals surface area contributed by atoms with Crippen molar-refractivity contribution in [2.45, 2.75) is 38.3 Å². The summed E-state index contributed by atoms with van der Waals surface area (Å²) >= 11 is 6.25. The lowest BCUT2D eigenvalue weighted by Gasteiger charge is -2.24. The number of halogens is 1. The molecule has 2 atom stereocenters.